The molecule has 4 rings (SSSR count). The lowest BCUT2D eigenvalue weighted by molar-refractivity contribution is 0.102. The fraction of sp³-hybridized carbons (Fsp3) is 0.200. The number of methoxy groups -OCH3 is 1. The van der Waals surface area contributed by atoms with Crippen molar-refractivity contribution in [2.24, 2.45) is 0 Å². The SMILES string of the molecule is COc1ccc(C(=O)Nc2c(-c3ccccc3)nc3cc(C)ccn23)cc1S(=O)(=O)NC(C)C. The van der Waals surface area contributed by atoms with Crippen LogP contribution in [0.15, 0.2) is 71.8 Å². The molecule has 4 aromatic rings. The van der Waals surface area contributed by atoms with E-state index in [1.807, 2.05) is 55.6 Å². The highest BCUT2D eigenvalue weighted by atomic mass is 32.2. The first kappa shape index (κ1) is 23.5. The Balaban J connectivity index is 1.78. The molecule has 2 aromatic carbocycles. The molecule has 176 valence electrons. The summed E-state index contributed by atoms with van der Waals surface area (Å²) in [6, 6.07) is 17.4. The summed E-state index contributed by atoms with van der Waals surface area (Å²) in [6.07, 6.45) is 1.84. The molecule has 0 radical (unpaired) electrons. The van der Waals surface area contributed by atoms with Gasteiger partial charge in [-0.3, -0.25) is 9.20 Å². The monoisotopic (exact) mass is 478 g/mol. The Morgan fingerprint density at radius 3 is 2.47 bits per heavy atom. The highest BCUT2D eigenvalue weighted by Crippen LogP contribution is 2.30. The van der Waals surface area contributed by atoms with E-state index in [1.54, 1.807) is 18.2 Å². The van der Waals surface area contributed by atoms with Crippen molar-refractivity contribution in [3.8, 4) is 17.0 Å². The van der Waals surface area contributed by atoms with Crippen molar-refractivity contribution in [1.82, 2.24) is 14.1 Å². The molecule has 0 fully saturated rings. The van der Waals surface area contributed by atoms with Crippen LogP contribution < -0.4 is 14.8 Å². The summed E-state index contributed by atoms with van der Waals surface area (Å²) in [5, 5.41) is 2.93. The van der Waals surface area contributed by atoms with E-state index in [0.29, 0.717) is 17.2 Å². The van der Waals surface area contributed by atoms with Crippen LogP contribution in [-0.4, -0.2) is 36.9 Å². The van der Waals surface area contributed by atoms with Gasteiger partial charge in [-0.1, -0.05) is 30.3 Å². The number of carbonyl (C=O) groups excluding carboxylic acids is 1. The first-order chi connectivity index (χ1) is 16.2. The van der Waals surface area contributed by atoms with Crippen molar-refractivity contribution in [1.29, 1.82) is 0 Å². The Bertz CT molecular complexity index is 1460. The van der Waals surface area contributed by atoms with E-state index >= 15 is 0 Å². The molecule has 2 aromatic heterocycles. The number of anilines is 1. The summed E-state index contributed by atoms with van der Waals surface area (Å²) in [5.41, 5.74) is 3.36. The Morgan fingerprint density at radius 1 is 1.06 bits per heavy atom. The number of sulfonamides is 1. The summed E-state index contributed by atoms with van der Waals surface area (Å²) in [7, 11) is -2.50. The molecule has 2 heterocycles. The largest absolute Gasteiger partial charge is 0.495 e. The third-order valence-corrected chi connectivity index (χ3v) is 6.85. The maximum atomic E-state index is 13.3. The number of imidazole rings is 1. The standard InChI is InChI=1S/C25H26N4O4S/c1-16(2)28-34(31,32)21-15-19(10-11-20(21)33-4)25(30)27-24-23(18-8-6-5-7-9-18)26-22-14-17(3)12-13-29(22)24/h5-16,28H,1-4H3,(H,27,30). The summed E-state index contributed by atoms with van der Waals surface area (Å²) in [4.78, 5) is 17.9. The predicted molar refractivity (Wildman–Crippen MR) is 132 cm³/mol. The molecule has 0 aliphatic carbocycles. The van der Waals surface area contributed by atoms with Gasteiger partial charge in [0.1, 0.15) is 27.8 Å². The van der Waals surface area contributed by atoms with Crippen molar-refractivity contribution >= 4 is 27.4 Å². The number of fused-ring (bicyclic) bond motifs is 1. The van der Waals surface area contributed by atoms with Crippen LogP contribution in [-0.2, 0) is 10.0 Å². The van der Waals surface area contributed by atoms with Crippen LogP contribution in [0.1, 0.15) is 29.8 Å². The lowest BCUT2D eigenvalue weighted by Gasteiger charge is -2.14. The summed E-state index contributed by atoms with van der Waals surface area (Å²) >= 11 is 0. The van der Waals surface area contributed by atoms with Gasteiger partial charge in [0.05, 0.1) is 7.11 Å². The van der Waals surface area contributed by atoms with Gasteiger partial charge in [0.25, 0.3) is 5.91 Å². The van der Waals surface area contributed by atoms with E-state index < -0.39 is 15.9 Å². The second-order valence-corrected chi connectivity index (χ2v) is 9.89. The Kier molecular flexibility index (Phi) is 6.41. The van der Waals surface area contributed by atoms with Crippen molar-refractivity contribution in [2.75, 3.05) is 12.4 Å². The second-order valence-electron chi connectivity index (χ2n) is 8.20. The van der Waals surface area contributed by atoms with Crippen LogP contribution in [0.4, 0.5) is 5.82 Å². The molecule has 0 spiro atoms. The molecule has 0 saturated heterocycles. The fourth-order valence-electron chi connectivity index (χ4n) is 3.64. The van der Waals surface area contributed by atoms with Crippen LogP contribution in [0.2, 0.25) is 0 Å². The molecule has 1 amide bonds. The van der Waals surface area contributed by atoms with Gasteiger partial charge in [-0.05, 0) is 56.7 Å². The smallest absolute Gasteiger partial charge is 0.256 e. The number of nitrogens with one attached hydrogen (secondary N) is 2. The third-order valence-electron chi connectivity index (χ3n) is 5.17. The molecule has 0 unspecified atom stereocenters. The summed E-state index contributed by atoms with van der Waals surface area (Å²) < 4.78 is 35.2. The van der Waals surface area contributed by atoms with Crippen LogP contribution >= 0.6 is 0 Å². The molecule has 9 heteroatoms. The number of nitrogens with zero attached hydrogens (tertiary/aromatic N) is 2. The number of aromatic nitrogens is 2. The van der Waals surface area contributed by atoms with E-state index in [2.05, 4.69) is 10.0 Å². The molecule has 0 aliphatic rings. The molecule has 34 heavy (non-hydrogen) atoms. The van der Waals surface area contributed by atoms with Crippen molar-refractivity contribution < 1.29 is 17.9 Å². The zero-order valence-electron chi connectivity index (χ0n) is 19.4. The number of ether oxygens (including phenoxy) is 1. The van der Waals surface area contributed by atoms with Crippen molar-refractivity contribution in [2.45, 2.75) is 31.7 Å². The normalized spacial score (nSPS) is 11.7. The van der Waals surface area contributed by atoms with Gasteiger partial charge in [-0.15, -0.1) is 0 Å². The number of pyridine rings is 1. The average molecular weight is 479 g/mol. The van der Waals surface area contributed by atoms with Crippen molar-refractivity contribution in [3.63, 3.8) is 0 Å². The minimum atomic E-state index is -3.88. The first-order valence-corrected chi connectivity index (χ1v) is 12.2. The topological polar surface area (TPSA) is 102 Å². The number of hydrogen-bond acceptors (Lipinski definition) is 5. The van der Waals surface area contributed by atoms with Crippen molar-refractivity contribution in [3.05, 3.63) is 78.0 Å². The molecular formula is C25H26N4O4S. The molecular weight excluding hydrogens is 452 g/mol. The maximum absolute atomic E-state index is 13.3. The van der Waals surface area contributed by atoms with Crippen LogP contribution in [0.3, 0.4) is 0 Å². The summed E-state index contributed by atoms with van der Waals surface area (Å²) in [6.45, 7) is 5.41. The molecule has 0 bridgehead atoms. The lowest BCUT2D eigenvalue weighted by Crippen LogP contribution is -2.30. The average Bonchev–Trinajstić information content (AvgIpc) is 3.15. The molecule has 8 nitrogen and oxygen atoms in total. The van der Waals surface area contributed by atoms with Gasteiger partial charge in [-0.25, -0.2) is 18.1 Å². The minimum absolute atomic E-state index is 0.103. The Labute approximate surface area is 198 Å². The van der Waals surface area contributed by atoms with Gasteiger partial charge in [0, 0.05) is 23.4 Å². The van der Waals surface area contributed by atoms with Crippen LogP contribution in [0.25, 0.3) is 16.9 Å². The quantitative estimate of drug-likeness (QED) is 0.413. The molecule has 0 saturated carbocycles. The van der Waals surface area contributed by atoms with E-state index in [1.165, 1.54) is 25.3 Å². The molecule has 2 N–H and O–H groups in total. The zero-order chi connectivity index (χ0) is 24.5. The van der Waals surface area contributed by atoms with Crippen LogP contribution in [0.5, 0.6) is 5.75 Å². The van der Waals surface area contributed by atoms with Crippen LogP contribution in [0, 0.1) is 6.92 Å². The van der Waals surface area contributed by atoms with E-state index in [9.17, 15) is 13.2 Å². The predicted octanol–water partition coefficient (Wildman–Crippen LogP) is 4.26. The van der Waals surface area contributed by atoms with E-state index in [-0.39, 0.29) is 22.3 Å². The zero-order valence-corrected chi connectivity index (χ0v) is 20.2. The van der Waals surface area contributed by atoms with Gasteiger partial charge in [0.2, 0.25) is 10.0 Å². The van der Waals surface area contributed by atoms with E-state index in [0.717, 1.165) is 11.1 Å². The maximum Gasteiger partial charge on any atom is 0.256 e. The highest BCUT2D eigenvalue weighted by Gasteiger charge is 2.24. The third kappa shape index (κ3) is 4.66. The number of hydrogen-bond donors (Lipinski definition) is 2. The Morgan fingerprint density at radius 2 is 1.79 bits per heavy atom. The number of benzene rings is 2. The van der Waals surface area contributed by atoms with Gasteiger partial charge < -0.3 is 10.1 Å². The fourth-order valence-corrected chi connectivity index (χ4v) is 5.09. The Hall–Kier alpha value is -3.69. The first-order valence-electron chi connectivity index (χ1n) is 10.8. The van der Waals surface area contributed by atoms with Gasteiger partial charge >= 0.3 is 0 Å². The van der Waals surface area contributed by atoms with E-state index in [4.69, 9.17) is 9.72 Å². The minimum Gasteiger partial charge on any atom is -0.495 e. The summed E-state index contributed by atoms with van der Waals surface area (Å²) in [5.74, 6) is 0.176. The molecule has 0 aliphatic heterocycles. The second kappa shape index (κ2) is 9.28. The van der Waals surface area contributed by atoms with Gasteiger partial charge in [0.15, 0.2) is 0 Å². The highest BCUT2D eigenvalue weighted by molar-refractivity contribution is 7.89. The number of aryl methyl sites for hydroxylation is 1. The number of rotatable bonds is 7. The number of amides is 1. The van der Waals surface area contributed by atoms with Gasteiger partial charge in [-0.2, -0.15) is 0 Å². The molecule has 0 atom stereocenters. The number of carbonyl (C=O) groups is 1. The lowest BCUT2D eigenvalue weighted by atomic mass is 10.1.